The number of carbonyl (C=O) groups excluding carboxylic acids is 3. The molecule has 0 atom stereocenters. The highest BCUT2D eigenvalue weighted by atomic mass is 16.6. The summed E-state index contributed by atoms with van der Waals surface area (Å²) in [5.74, 6) is 1.58. The van der Waals surface area contributed by atoms with Crippen molar-refractivity contribution in [2.24, 2.45) is 11.8 Å². The number of hydrogen-bond acceptors (Lipinski definition) is 10. The lowest BCUT2D eigenvalue weighted by atomic mass is 9.98. The summed E-state index contributed by atoms with van der Waals surface area (Å²) in [6.45, 7) is 14.7. The maximum Gasteiger partial charge on any atom is 0.340 e. The Morgan fingerprint density at radius 2 is 1.16 bits per heavy atom. The molecule has 4 rings (SSSR count). The average Bonchev–Trinajstić information content (AvgIpc) is 2.96. The van der Waals surface area contributed by atoms with Crippen LogP contribution in [0.15, 0.2) is 36.7 Å². The van der Waals surface area contributed by atoms with E-state index >= 15 is 0 Å². The number of anilines is 2. The minimum absolute atomic E-state index is 0. The summed E-state index contributed by atoms with van der Waals surface area (Å²) in [7, 11) is 0. The highest BCUT2D eigenvalue weighted by molar-refractivity contribution is 5.90. The van der Waals surface area contributed by atoms with Gasteiger partial charge < -0.3 is 29.2 Å². The zero-order valence-electron chi connectivity index (χ0n) is 25.8. The molecule has 2 aromatic rings. The van der Waals surface area contributed by atoms with Gasteiger partial charge in [-0.1, -0.05) is 14.9 Å². The molecule has 2 aliphatic heterocycles. The van der Waals surface area contributed by atoms with Gasteiger partial charge in [0.05, 0.1) is 11.1 Å². The molecular formula is C34H54N4O6. The van der Waals surface area contributed by atoms with Crippen LogP contribution >= 0.6 is 0 Å². The highest BCUT2D eigenvalue weighted by Gasteiger charge is 2.23. The number of nitrogens with zero attached hydrogens (tertiary/aromatic N) is 4. The Bertz CT molecular complexity index is 1160. The number of hydrogen-bond donors (Lipinski definition) is 1. The molecule has 0 aromatic carbocycles. The number of aliphatic hydroxyl groups is 1. The van der Waals surface area contributed by atoms with Gasteiger partial charge in [0.2, 0.25) is 0 Å². The SMILES string of the molecule is C.C.CC(C)(C)OC(=O)c1ccc(N2CCC(C=O)CC2)nc1.CC(C)(C)OC(=O)c1ccc(N2CCC(CO)CC2)nc1. The second kappa shape index (κ2) is 17.1. The maximum atomic E-state index is 11.9. The molecule has 0 aliphatic carbocycles. The number of rotatable bonds is 6. The standard InChI is InChI=1S/C16H24N2O3.C16H22N2O3.2CH4/c2*1-16(2,3)21-15(20)13-4-5-14(17-10-13)18-8-6-12(11-19)7-9-18;;/h4-5,10,12,19H,6-9,11H2,1-3H3;4-5,10-12H,6-9H2,1-3H3;2*1H4. The van der Waals surface area contributed by atoms with Crippen LogP contribution < -0.4 is 9.80 Å². The molecule has 0 unspecified atom stereocenters. The van der Waals surface area contributed by atoms with Crippen LogP contribution in [0.25, 0.3) is 0 Å². The highest BCUT2D eigenvalue weighted by Crippen LogP contribution is 2.23. The summed E-state index contributed by atoms with van der Waals surface area (Å²) in [6, 6.07) is 7.19. The molecule has 0 amide bonds. The minimum Gasteiger partial charge on any atom is -0.456 e. The Hall–Kier alpha value is -3.53. The Kier molecular flexibility index (Phi) is 14.9. The molecule has 0 spiro atoms. The Morgan fingerprint density at radius 1 is 0.773 bits per heavy atom. The summed E-state index contributed by atoms with van der Waals surface area (Å²) in [5.41, 5.74) is -0.0793. The molecule has 0 bridgehead atoms. The zero-order chi connectivity index (χ0) is 30.9. The summed E-state index contributed by atoms with van der Waals surface area (Å²) < 4.78 is 10.6. The molecule has 2 saturated heterocycles. The van der Waals surface area contributed by atoms with E-state index in [0.29, 0.717) is 17.0 Å². The molecule has 10 heteroatoms. The number of carbonyl (C=O) groups is 3. The number of aromatic nitrogens is 2. The molecule has 2 aromatic heterocycles. The van der Waals surface area contributed by atoms with Crippen LogP contribution in [0.5, 0.6) is 0 Å². The molecule has 2 fully saturated rings. The second-order valence-corrected chi connectivity index (χ2v) is 12.9. The van der Waals surface area contributed by atoms with Crippen LogP contribution in [0.3, 0.4) is 0 Å². The van der Waals surface area contributed by atoms with Crippen molar-refractivity contribution in [1.82, 2.24) is 9.97 Å². The normalized spacial score (nSPS) is 16.0. The first-order valence-corrected chi connectivity index (χ1v) is 14.7. The van der Waals surface area contributed by atoms with Crippen molar-refractivity contribution in [2.45, 2.75) is 93.3 Å². The van der Waals surface area contributed by atoms with Gasteiger partial charge in [-0.15, -0.1) is 0 Å². The zero-order valence-corrected chi connectivity index (χ0v) is 25.8. The molecular weight excluding hydrogens is 560 g/mol. The summed E-state index contributed by atoms with van der Waals surface area (Å²) in [4.78, 5) is 47.6. The molecule has 2 aliphatic rings. The molecule has 1 N–H and O–H groups in total. The van der Waals surface area contributed by atoms with E-state index in [4.69, 9.17) is 14.6 Å². The number of pyridine rings is 2. The predicted octanol–water partition coefficient (Wildman–Crippen LogP) is 5.97. The van der Waals surface area contributed by atoms with Gasteiger partial charge in [0.1, 0.15) is 29.1 Å². The van der Waals surface area contributed by atoms with E-state index in [1.807, 2.05) is 53.7 Å². The number of esters is 2. The number of ether oxygens (including phenoxy) is 2. The first-order valence-electron chi connectivity index (χ1n) is 14.7. The van der Waals surface area contributed by atoms with Crippen molar-refractivity contribution >= 4 is 29.9 Å². The lowest BCUT2D eigenvalue weighted by Crippen LogP contribution is -2.35. The van der Waals surface area contributed by atoms with Gasteiger partial charge in [-0.05, 0) is 97.4 Å². The van der Waals surface area contributed by atoms with Gasteiger partial charge in [0.15, 0.2) is 0 Å². The van der Waals surface area contributed by atoms with Crippen LogP contribution in [0.1, 0.15) is 103 Å². The van der Waals surface area contributed by atoms with E-state index in [1.165, 1.54) is 0 Å². The first-order chi connectivity index (χ1) is 19.8. The molecule has 246 valence electrons. The molecule has 0 saturated carbocycles. The number of piperidine rings is 2. The maximum absolute atomic E-state index is 11.9. The van der Waals surface area contributed by atoms with Crippen molar-refractivity contribution in [3.8, 4) is 0 Å². The Labute approximate surface area is 264 Å². The molecule has 0 radical (unpaired) electrons. The van der Waals surface area contributed by atoms with Crippen molar-refractivity contribution in [3.63, 3.8) is 0 Å². The van der Waals surface area contributed by atoms with E-state index < -0.39 is 11.2 Å². The van der Waals surface area contributed by atoms with E-state index in [9.17, 15) is 14.4 Å². The fourth-order valence-corrected chi connectivity index (χ4v) is 4.67. The van der Waals surface area contributed by atoms with E-state index in [2.05, 4.69) is 19.8 Å². The van der Waals surface area contributed by atoms with Crippen molar-refractivity contribution in [3.05, 3.63) is 47.8 Å². The van der Waals surface area contributed by atoms with Crippen LogP contribution in [-0.4, -0.2) is 77.3 Å². The monoisotopic (exact) mass is 614 g/mol. The van der Waals surface area contributed by atoms with Gasteiger partial charge in [-0.25, -0.2) is 19.6 Å². The van der Waals surface area contributed by atoms with E-state index in [-0.39, 0.29) is 39.3 Å². The third-order valence-corrected chi connectivity index (χ3v) is 7.02. The molecule has 44 heavy (non-hydrogen) atoms. The smallest absolute Gasteiger partial charge is 0.340 e. The van der Waals surface area contributed by atoms with Crippen molar-refractivity contribution < 1.29 is 29.0 Å². The van der Waals surface area contributed by atoms with Gasteiger partial charge in [0.25, 0.3) is 0 Å². The van der Waals surface area contributed by atoms with Crippen LogP contribution in [0.2, 0.25) is 0 Å². The largest absolute Gasteiger partial charge is 0.456 e. The van der Waals surface area contributed by atoms with Gasteiger partial charge in [-0.2, -0.15) is 0 Å². The van der Waals surface area contributed by atoms with E-state index in [0.717, 1.165) is 69.8 Å². The fraction of sp³-hybridized carbons (Fsp3) is 0.618. The lowest BCUT2D eigenvalue weighted by molar-refractivity contribution is -0.111. The third-order valence-electron chi connectivity index (χ3n) is 7.02. The lowest BCUT2D eigenvalue weighted by Gasteiger charge is -2.32. The van der Waals surface area contributed by atoms with Crippen LogP contribution in [0.4, 0.5) is 11.6 Å². The summed E-state index contributed by atoms with van der Waals surface area (Å²) >= 11 is 0. The quantitative estimate of drug-likeness (QED) is 0.308. The second-order valence-electron chi connectivity index (χ2n) is 12.9. The molecule has 10 nitrogen and oxygen atoms in total. The van der Waals surface area contributed by atoms with Gasteiger partial charge in [-0.3, -0.25) is 0 Å². The topological polar surface area (TPSA) is 122 Å². The number of aliphatic hydroxyl groups excluding tert-OH is 1. The Balaban J connectivity index is 0.000000421. The predicted molar refractivity (Wildman–Crippen MR) is 175 cm³/mol. The average molecular weight is 615 g/mol. The van der Waals surface area contributed by atoms with Crippen molar-refractivity contribution in [1.29, 1.82) is 0 Å². The Morgan fingerprint density at radius 3 is 1.45 bits per heavy atom. The van der Waals surface area contributed by atoms with Gasteiger partial charge in [0, 0.05) is 51.1 Å². The summed E-state index contributed by atoms with van der Waals surface area (Å²) in [5, 5.41) is 9.15. The molecule has 4 heterocycles. The summed E-state index contributed by atoms with van der Waals surface area (Å²) in [6.07, 6.45) is 7.84. The first kappa shape index (κ1) is 38.5. The number of aldehydes is 1. The fourth-order valence-electron chi connectivity index (χ4n) is 4.67. The van der Waals surface area contributed by atoms with Crippen molar-refractivity contribution in [2.75, 3.05) is 42.6 Å². The van der Waals surface area contributed by atoms with Crippen LogP contribution in [-0.2, 0) is 14.3 Å². The third kappa shape index (κ3) is 12.2. The minimum atomic E-state index is -0.507. The van der Waals surface area contributed by atoms with Gasteiger partial charge >= 0.3 is 11.9 Å². The van der Waals surface area contributed by atoms with E-state index in [1.54, 1.807) is 24.5 Å². The van der Waals surface area contributed by atoms with Crippen LogP contribution in [0, 0.1) is 11.8 Å².